The standard InChI is InChI=1S/C16H21NO/c1-6-12-10(2)17-14-8-7-11(16(3,4)5)9-13(14)15(12)18/h7-9H,6H2,1-5H3,(H,17,18). The number of hydrogen-bond acceptors (Lipinski definition) is 1. The van der Waals surface area contributed by atoms with Gasteiger partial charge in [-0.15, -0.1) is 0 Å². The summed E-state index contributed by atoms with van der Waals surface area (Å²) in [5.74, 6) is 0. The van der Waals surface area contributed by atoms with Crippen LogP contribution in [0, 0.1) is 6.92 Å². The SMILES string of the molecule is CCc1c(C)[nH]c2ccc(C(C)(C)C)cc2c1=O. The molecular formula is C16H21NO. The van der Waals surface area contributed by atoms with Gasteiger partial charge in [0.05, 0.1) is 0 Å². The van der Waals surface area contributed by atoms with Gasteiger partial charge in [0.2, 0.25) is 0 Å². The van der Waals surface area contributed by atoms with Gasteiger partial charge >= 0.3 is 0 Å². The summed E-state index contributed by atoms with van der Waals surface area (Å²) in [5, 5.41) is 0.810. The Kier molecular flexibility index (Phi) is 3.05. The van der Waals surface area contributed by atoms with Crippen LogP contribution in [-0.2, 0) is 11.8 Å². The van der Waals surface area contributed by atoms with Gasteiger partial charge in [0.15, 0.2) is 5.43 Å². The lowest BCUT2D eigenvalue weighted by Gasteiger charge is -2.19. The Morgan fingerprint density at radius 3 is 2.44 bits per heavy atom. The summed E-state index contributed by atoms with van der Waals surface area (Å²) in [6, 6.07) is 6.15. The van der Waals surface area contributed by atoms with Gasteiger partial charge in [-0.25, -0.2) is 0 Å². The quantitative estimate of drug-likeness (QED) is 0.814. The van der Waals surface area contributed by atoms with Crippen LogP contribution < -0.4 is 5.43 Å². The van der Waals surface area contributed by atoms with E-state index in [1.165, 1.54) is 5.56 Å². The smallest absolute Gasteiger partial charge is 0.192 e. The molecule has 1 N–H and O–H groups in total. The van der Waals surface area contributed by atoms with E-state index in [1.54, 1.807) is 0 Å². The van der Waals surface area contributed by atoms with Gasteiger partial charge < -0.3 is 4.98 Å². The molecule has 0 bridgehead atoms. The van der Waals surface area contributed by atoms with Crippen LogP contribution in [0.15, 0.2) is 23.0 Å². The Balaban J connectivity index is 2.81. The first-order chi connectivity index (χ1) is 8.34. The number of nitrogens with one attached hydrogen (secondary N) is 1. The van der Waals surface area contributed by atoms with Crippen LogP contribution in [0.2, 0.25) is 0 Å². The Labute approximate surface area is 108 Å². The highest BCUT2D eigenvalue weighted by molar-refractivity contribution is 5.80. The summed E-state index contributed by atoms with van der Waals surface area (Å²) in [7, 11) is 0. The number of pyridine rings is 1. The van der Waals surface area contributed by atoms with Crippen molar-refractivity contribution in [3.8, 4) is 0 Å². The van der Waals surface area contributed by atoms with Gasteiger partial charge in [-0.3, -0.25) is 4.79 Å². The zero-order valence-electron chi connectivity index (χ0n) is 11.8. The number of rotatable bonds is 1. The van der Waals surface area contributed by atoms with Crippen LogP contribution in [0.5, 0.6) is 0 Å². The molecule has 0 aliphatic carbocycles. The first kappa shape index (κ1) is 12.9. The Morgan fingerprint density at radius 2 is 1.89 bits per heavy atom. The van der Waals surface area contributed by atoms with E-state index in [4.69, 9.17) is 0 Å². The minimum Gasteiger partial charge on any atom is -0.358 e. The zero-order valence-corrected chi connectivity index (χ0v) is 11.8. The van der Waals surface area contributed by atoms with Crippen LogP contribution in [0.1, 0.15) is 44.5 Å². The Morgan fingerprint density at radius 1 is 1.22 bits per heavy atom. The molecule has 0 unspecified atom stereocenters. The molecule has 0 saturated heterocycles. The normalized spacial score (nSPS) is 12.1. The summed E-state index contributed by atoms with van der Waals surface area (Å²) in [6.07, 6.45) is 0.775. The number of aryl methyl sites for hydroxylation is 1. The fourth-order valence-electron chi connectivity index (χ4n) is 2.34. The summed E-state index contributed by atoms with van der Waals surface area (Å²) in [4.78, 5) is 15.8. The van der Waals surface area contributed by atoms with Crippen molar-refractivity contribution in [3.05, 3.63) is 45.2 Å². The highest BCUT2D eigenvalue weighted by Crippen LogP contribution is 2.24. The molecule has 1 aromatic carbocycles. The molecule has 2 rings (SSSR count). The van der Waals surface area contributed by atoms with Crippen LogP contribution in [0.4, 0.5) is 0 Å². The van der Waals surface area contributed by atoms with E-state index in [2.05, 4.69) is 31.8 Å². The average molecular weight is 243 g/mol. The molecule has 0 fully saturated rings. The Hall–Kier alpha value is -1.57. The van der Waals surface area contributed by atoms with E-state index in [0.29, 0.717) is 0 Å². The monoisotopic (exact) mass is 243 g/mol. The largest absolute Gasteiger partial charge is 0.358 e. The first-order valence-electron chi connectivity index (χ1n) is 6.50. The molecule has 1 aromatic heterocycles. The molecule has 2 aromatic rings. The van der Waals surface area contributed by atoms with Crippen molar-refractivity contribution in [2.75, 3.05) is 0 Å². The third kappa shape index (κ3) is 2.07. The molecule has 0 radical (unpaired) electrons. The van der Waals surface area contributed by atoms with Crippen molar-refractivity contribution in [3.63, 3.8) is 0 Å². The maximum absolute atomic E-state index is 12.4. The van der Waals surface area contributed by atoms with Crippen LogP contribution >= 0.6 is 0 Å². The topological polar surface area (TPSA) is 32.9 Å². The second-order valence-electron chi connectivity index (χ2n) is 5.92. The number of benzene rings is 1. The van der Waals surface area contributed by atoms with Gasteiger partial charge in [-0.2, -0.15) is 0 Å². The molecule has 0 spiro atoms. The van der Waals surface area contributed by atoms with Gasteiger partial charge in [0, 0.05) is 22.2 Å². The van der Waals surface area contributed by atoms with Crippen molar-refractivity contribution >= 4 is 10.9 Å². The van der Waals surface area contributed by atoms with Gasteiger partial charge in [-0.05, 0) is 36.5 Å². The lowest BCUT2D eigenvalue weighted by molar-refractivity contribution is 0.591. The predicted octanol–water partition coefficient (Wildman–Crippen LogP) is 3.70. The molecule has 2 heteroatoms. The van der Waals surface area contributed by atoms with Crippen molar-refractivity contribution < 1.29 is 0 Å². The fraction of sp³-hybridized carbons (Fsp3) is 0.438. The number of aromatic amines is 1. The number of H-pyrrole nitrogens is 1. The first-order valence-corrected chi connectivity index (χ1v) is 6.50. The van der Waals surface area contributed by atoms with E-state index in [0.717, 1.165) is 28.6 Å². The zero-order chi connectivity index (χ0) is 13.5. The second-order valence-corrected chi connectivity index (χ2v) is 5.92. The van der Waals surface area contributed by atoms with E-state index >= 15 is 0 Å². The number of hydrogen-bond donors (Lipinski definition) is 1. The summed E-state index contributed by atoms with van der Waals surface area (Å²) >= 11 is 0. The van der Waals surface area contributed by atoms with Gasteiger partial charge in [0.25, 0.3) is 0 Å². The molecular weight excluding hydrogens is 222 g/mol. The van der Waals surface area contributed by atoms with Crippen molar-refractivity contribution in [1.82, 2.24) is 4.98 Å². The van der Waals surface area contributed by atoms with E-state index < -0.39 is 0 Å². The highest BCUT2D eigenvalue weighted by Gasteiger charge is 2.15. The lowest BCUT2D eigenvalue weighted by Crippen LogP contribution is -2.15. The van der Waals surface area contributed by atoms with E-state index in [1.807, 2.05) is 26.0 Å². The van der Waals surface area contributed by atoms with Gasteiger partial charge in [0.1, 0.15) is 0 Å². The fourth-order valence-corrected chi connectivity index (χ4v) is 2.34. The lowest BCUT2D eigenvalue weighted by atomic mass is 9.86. The molecule has 0 amide bonds. The summed E-state index contributed by atoms with van der Waals surface area (Å²) in [5.41, 5.74) is 4.26. The number of aromatic nitrogens is 1. The van der Waals surface area contributed by atoms with Crippen molar-refractivity contribution in [2.24, 2.45) is 0 Å². The minimum absolute atomic E-state index is 0.0674. The molecule has 0 atom stereocenters. The van der Waals surface area contributed by atoms with Crippen LogP contribution in [-0.4, -0.2) is 4.98 Å². The van der Waals surface area contributed by atoms with Crippen LogP contribution in [0.25, 0.3) is 10.9 Å². The molecule has 0 aliphatic rings. The Bertz CT molecular complexity index is 644. The maximum atomic E-state index is 12.4. The third-order valence-electron chi connectivity index (χ3n) is 3.53. The molecule has 96 valence electrons. The molecule has 2 nitrogen and oxygen atoms in total. The van der Waals surface area contributed by atoms with Crippen molar-refractivity contribution in [1.29, 1.82) is 0 Å². The maximum Gasteiger partial charge on any atom is 0.192 e. The average Bonchev–Trinajstić information content (AvgIpc) is 2.27. The van der Waals surface area contributed by atoms with Crippen molar-refractivity contribution in [2.45, 2.75) is 46.5 Å². The van der Waals surface area contributed by atoms with Crippen LogP contribution in [0.3, 0.4) is 0 Å². The summed E-state index contributed by atoms with van der Waals surface area (Å²) < 4.78 is 0. The summed E-state index contributed by atoms with van der Waals surface area (Å²) in [6.45, 7) is 10.5. The molecule has 0 saturated carbocycles. The van der Waals surface area contributed by atoms with E-state index in [-0.39, 0.29) is 10.8 Å². The molecule has 18 heavy (non-hydrogen) atoms. The third-order valence-corrected chi connectivity index (χ3v) is 3.53. The number of fused-ring (bicyclic) bond motifs is 1. The minimum atomic E-state index is 0.0674. The van der Waals surface area contributed by atoms with E-state index in [9.17, 15) is 4.79 Å². The predicted molar refractivity (Wildman–Crippen MR) is 77.4 cm³/mol. The van der Waals surface area contributed by atoms with Gasteiger partial charge in [-0.1, -0.05) is 33.8 Å². The highest BCUT2D eigenvalue weighted by atomic mass is 16.1. The second kappa shape index (κ2) is 4.27. The molecule has 0 aliphatic heterocycles. The molecule has 1 heterocycles.